The number of amides is 1. The summed E-state index contributed by atoms with van der Waals surface area (Å²) in [5.74, 6) is 1.72. The molecule has 2 aromatic carbocycles. The summed E-state index contributed by atoms with van der Waals surface area (Å²) in [6.45, 7) is 1.13. The third kappa shape index (κ3) is 5.01. The zero-order valence-corrected chi connectivity index (χ0v) is 18.3. The molecule has 164 valence electrons. The van der Waals surface area contributed by atoms with E-state index in [1.165, 1.54) is 0 Å². The molecule has 0 unspecified atom stereocenters. The minimum Gasteiger partial charge on any atom is -0.493 e. The average Bonchev–Trinajstić information content (AvgIpc) is 3.51. The Labute approximate surface area is 183 Å². The van der Waals surface area contributed by atoms with Crippen molar-refractivity contribution in [1.82, 2.24) is 4.90 Å². The van der Waals surface area contributed by atoms with Gasteiger partial charge in [-0.1, -0.05) is 48.3 Å². The molecule has 6 heteroatoms. The Bertz CT molecular complexity index is 922. The van der Waals surface area contributed by atoms with Crippen LogP contribution in [-0.2, 0) is 16.2 Å². The lowest BCUT2D eigenvalue weighted by Crippen LogP contribution is -2.40. The number of rotatable bonds is 8. The predicted molar refractivity (Wildman–Crippen MR) is 119 cm³/mol. The second-order valence-corrected chi connectivity index (χ2v) is 8.23. The normalized spacial score (nSPS) is 18.4. The van der Waals surface area contributed by atoms with Gasteiger partial charge in [0.25, 0.3) is 0 Å². The molecule has 31 heavy (non-hydrogen) atoms. The molecule has 4 rings (SSSR count). The Morgan fingerprint density at radius 2 is 1.81 bits per heavy atom. The van der Waals surface area contributed by atoms with Crippen LogP contribution in [0.2, 0.25) is 0 Å². The van der Waals surface area contributed by atoms with Gasteiger partial charge >= 0.3 is 0 Å². The Morgan fingerprint density at radius 3 is 2.52 bits per heavy atom. The zero-order valence-electron chi connectivity index (χ0n) is 18.3. The van der Waals surface area contributed by atoms with Crippen LogP contribution in [0, 0.1) is 5.92 Å². The Hall–Kier alpha value is -3.02. The number of ether oxygens (including phenoxy) is 2. The fourth-order valence-electron chi connectivity index (χ4n) is 4.43. The topological polar surface area (TPSA) is 60.4 Å². The molecule has 1 aliphatic heterocycles. The van der Waals surface area contributed by atoms with E-state index in [9.17, 15) is 4.79 Å². The van der Waals surface area contributed by atoms with Crippen LogP contribution in [0.5, 0.6) is 11.5 Å². The maximum Gasteiger partial charge on any atom is 0.226 e. The molecule has 1 atom stereocenters. The molecule has 0 saturated heterocycles. The number of hydrogen-bond donors (Lipinski definition) is 0. The van der Waals surface area contributed by atoms with Crippen LogP contribution in [0.25, 0.3) is 0 Å². The van der Waals surface area contributed by atoms with Crippen LogP contribution < -0.4 is 9.47 Å². The summed E-state index contributed by atoms with van der Waals surface area (Å²) >= 11 is 0. The SMILES string of the molecule is COc1ccc(C2=NO[C@H](CN(Cc3ccccc3)C(=O)C3CCCC3)C2)cc1OC. The van der Waals surface area contributed by atoms with Crippen LogP contribution in [0.15, 0.2) is 53.7 Å². The van der Waals surface area contributed by atoms with Gasteiger partial charge in [-0.2, -0.15) is 0 Å². The van der Waals surface area contributed by atoms with E-state index in [1.54, 1.807) is 14.2 Å². The fraction of sp³-hybridized carbons (Fsp3) is 0.440. The minimum atomic E-state index is -0.155. The first kappa shape index (κ1) is 21.2. The van der Waals surface area contributed by atoms with Crippen LogP contribution in [0.1, 0.15) is 43.2 Å². The van der Waals surface area contributed by atoms with Gasteiger partial charge in [-0.3, -0.25) is 4.79 Å². The number of hydrogen-bond acceptors (Lipinski definition) is 5. The summed E-state index contributed by atoms with van der Waals surface area (Å²) in [6, 6.07) is 15.9. The highest BCUT2D eigenvalue weighted by molar-refractivity contribution is 6.01. The fourth-order valence-corrected chi connectivity index (χ4v) is 4.43. The second-order valence-electron chi connectivity index (χ2n) is 8.23. The summed E-state index contributed by atoms with van der Waals surface area (Å²) in [5.41, 5.74) is 2.93. The number of carbonyl (C=O) groups excluding carboxylic acids is 1. The number of methoxy groups -OCH3 is 2. The molecule has 0 radical (unpaired) electrons. The number of carbonyl (C=O) groups is 1. The van der Waals surface area contributed by atoms with E-state index in [4.69, 9.17) is 14.3 Å². The maximum atomic E-state index is 13.2. The highest BCUT2D eigenvalue weighted by Gasteiger charge is 2.31. The van der Waals surface area contributed by atoms with E-state index in [0.29, 0.717) is 31.0 Å². The molecule has 1 fully saturated rings. The van der Waals surface area contributed by atoms with Gasteiger partial charge in [0.2, 0.25) is 5.91 Å². The molecule has 2 aromatic rings. The van der Waals surface area contributed by atoms with Crippen LogP contribution >= 0.6 is 0 Å². The van der Waals surface area contributed by atoms with E-state index in [1.807, 2.05) is 41.3 Å². The van der Waals surface area contributed by atoms with Gasteiger partial charge in [-0.15, -0.1) is 0 Å². The maximum absolute atomic E-state index is 13.2. The third-order valence-electron chi connectivity index (χ3n) is 6.11. The highest BCUT2D eigenvalue weighted by Crippen LogP contribution is 2.31. The van der Waals surface area contributed by atoms with Crippen molar-refractivity contribution in [1.29, 1.82) is 0 Å². The first-order chi connectivity index (χ1) is 15.2. The largest absolute Gasteiger partial charge is 0.493 e. The Morgan fingerprint density at radius 1 is 1.06 bits per heavy atom. The summed E-state index contributed by atoms with van der Waals surface area (Å²) in [7, 11) is 3.24. The summed E-state index contributed by atoms with van der Waals surface area (Å²) < 4.78 is 10.7. The predicted octanol–water partition coefficient (Wildman–Crippen LogP) is 4.42. The molecule has 0 spiro atoms. The van der Waals surface area contributed by atoms with E-state index < -0.39 is 0 Å². The van der Waals surface area contributed by atoms with Crippen LogP contribution in [0.3, 0.4) is 0 Å². The molecule has 0 N–H and O–H groups in total. The first-order valence-corrected chi connectivity index (χ1v) is 11.0. The quantitative estimate of drug-likeness (QED) is 0.632. The summed E-state index contributed by atoms with van der Waals surface area (Å²) in [6.07, 6.45) is 4.76. The van der Waals surface area contributed by atoms with Gasteiger partial charge in [0.1, 0.15) is 0 Å². The zero-order chi connectivity index (χ0) is 21.6. The molecule has 2 aliphatic rings. The van der Waals surface area contributed by atoms with Gasteiger partial charge in [-0.25, -0.2) is 0 Å². The average molecular weight is 423 g/mol. The molecule has 6 nitrogen and oxygen atoms in total. The van der Waals surface area contributed by atoms with Crippen molar-refractivity contribution in [3.8, 4) is 11.5 Å². The molecule has 1 amide bonds. The van der Waals surface area contributed by atoms with Crippen molar-refractivity contribution >= 4 is 11.6 Å². The van der Waals surface area contributed by atoms with E-state index in [2.05, 4.69) is 17.3 Å². The third-order valence-corrected chi connectivity index (χ3v) is 6.11. The summed E-state index contributed by atoms with van der Waals surface area (Å²) in [4.78, 5) is 21.0. The van der Waals surface area contributed by atoms with Crippen molar-refractivity contribution in [2.75, 3.05) is 20.8 Å². The lowest BCUT2D eigenvalue weighted by Gasteiger charge is -2.27. The molecular formula is C25H30N2O4. The van der Waals surface area contributed by atoms with Crippen molar-refractivity contribution < 1.29 is 19.1 Å². The van der Waals surface area contributed by atoms with E-state index >= 15 is 0 Å². The van der Waals surface area contributed by atoms with Gasteiger partial charge in [0.15, 0.2) is 17.6 Å². The van der Waals surface area contributed by atoms with Crippen molar-refractivity contribution in [2.24, 2.45) is 11.1 Å². The lowest BCUT2D eigenvalue weighted by atomic mass is 10.0. The molecule has 1 aliphatic carbocycles. The molecular weight excluding hydrogens is 392 g/mol. The standard InChI is InChI=1S/C25H30N2O4/c1-29-23-13-12-20(14-24(23)30-2)22-15-21(31-26-22)17-27(16-18-8-4-3-5-9-18)25(28)19-10-6-7-11-19/h3-5,8-9,12-14,19,21H,6-7,10-11,15-17H2,1-2H3/t21-/m0/s1. The minimum absolute atomic E-state index is 0.136. The second kappa shape index (κ2) is 9.86. The van der Waals surface area contributed by atoms with Crippen LogP contribution in [-0.4, -0.2) is 43.4 Å². The molecule has 0 aromatic heterocycles. The molecule has 1 saturated carbocycles. The number of oxime groups is 1. The molecule has 0 bridgehead atoms. The van der Waals surface area contributed by atoms with Crippen molar-refractivity contribution in [3.63, 3.8) is 0 Å². The van der Waals surface area contributed by atoms with Gasteiger partial charge in [0.05, 0.1) is 26.5 Å². The van der Waals surface area contributed by atoms with Crippen LogP contribution in [0.4, 0.5) is 0 Å². The first-order valence-electron chi connectivity index (χ1n) is 11.0. The van der Waals surface area contributed by atoms with E-state index in [-0.39, 0.29) is 17.9 Å². The Balaban J connectivity index is 1.45. The van der Waals surface area contributed by atoms with Gasteiger partial charge in [-0.05, 0) is 36.6 Å². The number of nitrogens with zero attached hydrogens (tertiary/aromatic N) is 2. The highest BCUT2D eigenvalue weighted by atomic mass is 16.6. The van der Waals surface area contributed by atoms with Gasteiger partial charge < -0.3 is 19.2 Å². The lowest BCUT2D eigenvalue weighted by molar-refractivity contribution is -0.137. The van der Waals surface area contributed by atoms with Gasteiger partial charge in [0, 0.05) is 24.4 Å². The summed E-state index contributed by atoms with van der Waals surface area (Å²) in [5, 5.41) is 4.32. The smallest absolute Gasteiger partial charge is 0.226 e. The van der Waals surface area contributed by atoms with E-state index in [0.717, 1.165) is 42.5 Å². The Kier molecular flexibility index (Phi) is 6.75. The monoisotopic (exact) mass is 422 g/mol. The number of benzene rings is 2. The van der Waals surface area contributed by atoms with Crippen molar-refractivity contribution in [2.45, 2.75) is 44.8 Å². The molecule has 1 heterocycles. The van der Waals surface area contributed by atoms with Crippen molar-refractivity contribution in [3.05, 3.63) is 59.7 Å².